The van der Waals surface area contributed by atoms with E-state index in [1.165, 1.54) is 38.5 Å². The Balaban J connectivity index is -0.0000000659. The maximum atomic E-state index is 12.3. The Morgan fingerprint density at radius 3 is 0.740 bits per heavy atom. The van der Waals surface area contributed by atoms with Crippen LogP contribution in [-0.2, 0) is 0 Å². The summed E-state index contributed by atoms with van der Waals surface area (Å²) in [6.45, 7) is 65.1. The minimum atomic E-state index is -4.02. The summed E-state index contributed by atoms with van der Waals surface area (Å²) in [5.74, 6) is -1.53. The lowest BCUT2D eigenvalue weighted by molar-refractivity contribution is -0.152. The second-order valence-corrected chi connectivity index (χ2v) is 30.8. The summed E-state index contributed by atoms with van der Waals surface area (Å²) in [6.07, 6.45) is 4.05. The van der Waals surface area contributed by atoms with Crippen LogP contribution < -0.4 is 0 Å². The van der Waals surface area contributed by atoms with E-state index >= 15 is 0 Å². The monoisotopic (exact) mass is 1100 g/mol. The minimum Gasteiger partial charge on any atom is -0.251 e. The van der Waals surface area contributed by atoms with Gasteiger partial charge in [-0.1, -0.05) is 248 Å². The number of alkyl halides is 9. The fourth-order valence-corrected chi connectivity index (χ4v) is 4.64. The van der Waals surface area contributed by atoms with Crippen LogP contribution >= 0.6 is 12.6 Å². The van der Waals surface area contributed by atoms with Crippen LogP contribution in [0.25, 0.3) is 0 Å². The third kappa shape index (κ3) is 182. The van der Waals surface area contributed by atoms with Gasteiger partial charge in [0, 0.05) is 19.3 Å². The van der Waals surface area contributed by atoms with Crippen molar-refractivity contribution in [2.45, 2.75) is 351 Å². The van der Waals surface area contributed by atoms with Crippen molar-refractivity contribution < 1.29 is 39.5 Å². The van der Waals surface area contributed by atoms with Gasteiger partial charge in [0.1, 0.15) is 0 Å². The lowest BCUT2D eigenvalue weighted by Gasteiger charge is -2.20. The maximum Gasteiger partial charge on any atom is 0.389 e. The van der Waals surface area contributed by atoms with Crippen molar-refractivity contribution in [2.24, 2.45) is 48.7 Å². The van der Waals surface area contributed by atoms with Gasteiger partial charge in [0.25, 0.3) is 0 Å². The Morgan fingerprint density at radius 1 is 0.384 bits per heavy atom. The summed E-state index contributed by atoms with van der Waals surface area (Å²) < 4.78 is 106. The molecule has 0 aliphatic heterocycles. The van der Waals surface area contributed by atoms with E-state index in [1.54, 1.807) is 27.7 Å². The van der Waals surface area contributed by atoms with Crippen LogP contribution in [0.4, 0.5) is 39.5 Å². The van der Waals surface area contributed by atoms with Gasteiger partial charge in [-0.15, -0.1) is 0 Å². The average molecular weight is 1100 g/mol. The van der Waals surface area contributed by atoms with Gasteiger partial charge in [0.05, 0.1) is 12.8 Å². The van der Waals surface area contributed by atoms with Gasteiger partial charge in [0.2, 0.25) is 12.3 Å². The molecule has 0 saturated carbocycles. The molecule has 0 spiro atoms. The highest BCUT2D eigenvalue weighted by Crippen LogP contribution is 2.32. The van der Waals surface area contributed by atoms with Gasteiger partial charge in [-0.3, -0.25) is 4.39 Å². The third-order valence-corrected chi connectivity index (χ3v) is 9.88. The molecule has 73 heavy (non-hydrogen) atoms. The van der Waals surface area contributed by atoms with Crippen molar-refractivity contribution in [1.29, 1.82) is 0 Å². The van der Waals surface area contributed by atoms with Gasteiger partial charge < -0.3 is 0 Å². The summed E-state index contributed by atoms with van der Waals surface area (Å²) >= 11 is 4.10. The Labute approximate surface area is 462 Å². The van der Waals surface area contributed by atoms with Crippen molar-refractivity contribution in [1.82, 2.24) is 0 Å². The summed E-state index contributed by atoms with van der Waals surface area (Å²) in [5.41, 5.74) is 1.95. The zero-order valence-corrected chi connectivity index (χ0v) is 54.7. The van der Waals surface area contributed by atoms with Gasteiger partial charge in [0.15, 0.2) is 0 Å². The first kappa shape index (κ1) is 98.2. The Kier molecular flexibility index (Phi) is 62.7. The van der Waals surface area contributed by atoms with Crippen molar-refractivity contribution in [3.8, 4) is 0 Å². The Morgan fingerprint density at radius 2 is 0.685 bits per heavy atom. The van der Waals surface area contributed by atoms with Crippen LogP contribution in [0.5, 0.6) is 0 Å². The molecule has 0 heterocycles. The number of thiol groups is 1. The van der Waals surface area contributed by atoms with Gasteiger partial charge in [-0.05, 0) is 113 Å². The SMILES string of the molecule is C.C.CC(C)(C)CC(F)(F)F.CC(C)(C)CCC(C)(F)F.CC(C)(C)CCC(F)F.CC(C)(C)CCCF.CC(C)(C)CS.CC(F)CC(C)(C)C.CCC(C)(C)C.CCCC(C)(C)C.CCCCC(C)(C)C. The third-order valence-electron chi connectivity index (χ3n) is 8.93. The molecule has 0 saturated heterocycles. The molecule has 0 aliphatic carbocycles. The Bertz CT molecular complexity index is 1020. The van der Waals surface area contributed by atoms with Crippen LogP contribution in [-0.4, -0.2) is 37.1 Å². The molecule has 0 aliphatic rings. The first-order valence-corrected chi connectivity index (χ1v) is 27.7. The first-order chi connectivity index (χ1) is 30.6. The minimum absolute atomic E-state index is 0. The molecule has 1 unspecified atom stereocenters. The zero-order chi connectivity index (χ0) is 60.0. The Hall–Kier alpha value is -0.280. The van der Waals surface area contributed by atoms with Crippen molar-refractivity contribution in [3.63, 3.8) is 0 Å². The molecule has 0 nitrogen and oxygen atoms in total. The zero-order valence-electron chi connectivity index (χ0n) is 53.8. The van der Waals surface area contributed by atoms with E-state index in [1.807, 2.05) is 62.3 Å². The maximum absolute atomic E-state index is 12.3. The molecular formula is C63H139F9S. The molecule has 0 N–H and O–H groups in total. The highest BCUT2D eigenvalue weighted by molar-refractivity contribution is 7.80. The number of unbranched alkanes of at least 4 members (excludes halogenated alkanes) is 1. The molecule has 10 heteroatoms. The molecule has 0 amide bonds. The smallest absolute Gasteiger partial charge is 0.251 e. The molecular weight excluding hydrogens is 960 g/mol. The van der Waals surface area contributed by atoms with Gasteiger partial charge in [-0.2, -0.15) is 25.8 Å². The molecule has 0 rings (SSSR count). The predicted molar refractivity (Wildman–Crippen MR) is 323 cm³/mol. The molecule has 0 fully saturated rings. The van der Waals surface area contributed by atoms with Crippen LogP contribution in [0.3, 0.4) is 0 Å². The summed E-state index contributed by atoms with van der Waals surface area (Å²) in [4.78, 5) is 0. The normalized spacial score (nSPS) is 12.7. The number of hydrogen-bond acceptors (Lipinski definition) is 1. The van der Waals surface area contributed by atoms with Crippen molar-refractivity contribution in [2.75, 3.05) is 12.4 Å². The molecule has 460 valence electrons. The quantitative estimate of drug-likeness (QED) is 0.164. The largest absolute Gasteiger partial charge is 0.389 e. The summed E-state index contributed by atoms with van der Waals surface area (Å²) in [5, 5.41) is 0. The van der Waals surface area contributed by atoms with E-state index in [2.05, 4.69) is 137 Å². The van der Waals surface area contributed by atoms with E-state index in [0.717, 1.165) is 19.1 Å². The van der Waals surface area contributed by atoms with Crippen LogP contribution in [0.2, 0.25) is 0 Å². The first-order valence-electron chi connectivity index (χ1n) is 27.1. The number of hydrogen-bond donors (Lipinski definition) is 1. The van der Waals surface area contributed by atoms with Crippen molar-refractivity contribution >= 4 is 12.6 Å². The fourth-order valence-electron chi connectivity index (χ4n) is 4.64. The van der Waals surface area contributed by atoms with Crippen molar-refractivity contribution in [3.05, 3.63) is 0 Å². The highest BCUT2D eigenvalue weighted by atomic mass is 32.1. The average Bonchev–Trinajstić information content (AvgIpc) is 3.05. The van der Waals surface area contributed by atoms with Gasteiger partial charge >= 0.3 is 6.18 Å². The molecule has 1 atom stereocenters. The molecule has 0 radical (unpaired) electrons. The predicted octanol–water partition coefficient (Wildman–Crippen LogP) is 26.8. The van der Waals surface area contributed by atoms with E-state index in [0.29, 0.717) is 52.8 Å². The summed E-state index contributed by atoms with van der Waals surface area (Å²) in [6, 6.07) is 0. The lowest BCUT2D eigenvalue weighted by atomic mass is 9.89. The highest BCUT2D eigenvalue weighted by Gasteiger charge is 2.33. The van der Waals surface area contributed by atoms with E-state index in [4.69, 9.17) is 0 Å². The standard InChI is InChI=1S/C8H16F2.C8H18.C7H14F2.2C7H15F.C7H16.C6H11F3.C6H14.C5H12S.2CH4/c1-7(2,3)5-6-8(4,9)10;1-5-6-7-8(2,3)4;1-7(2,3)5-4-6(8)9;1-6(8)5-7(2,3)4;1-7(2,3)5-4-6-8;1-5-6-7(2,3)4;1-5(2,3)4-6(7,8)9;1-5-6(2,3)4;1-5(2,3)4-6;;/h5-6H2,1-4H3;5-7H2,1-4H3;6H,4-5H2,1-3H3;6H,5H2,1-4H3;4-6H2,1-3H3;5-6H2,1-4H3;4H2,1-3H3;5H2,1-4H3;6H,4H2,1-3H3;2*1H4. The molecule has 0 aromatic carbocycles. The number of halogens is 9. The second-order valence-electron chi connectivity index (χ2n) is 30.5. The molecule has 0 aromatic rings. The summed E-state index contributed by atoms with van der Waals surface area (Å²) in [7, 11) is 0. The topological polar surface area (TPSA) is 0 Å². The number of rotatable bonds is 10. The van der Waals surface area contributed by atoms with E-state index in [-0.39, 0.29) is 50.6 Å². The molecule has 0 bridgehead atoms. The lowest BCUT2D eigenvalue weighted by Crippen LogP contribution is -2.18. The van der Waals surface area contributed by atoms with Crippen LogP contribution in [0.1, 0.15) is 326 Å². The van der Waals surface area contributed by atoms with E-state index in [9.17, 15) is 39.5 Å². The van der Waals surface area contributed by atoms with Gasteiger partial charge in [-0.25, -0.2) is 22.0 Å². The van der Waals surface area contributed by atoms with Crippen LogP contribution in [0.15, 0.2) is 0 Å². The van der Waals surface area contributed by atoms with E-state index < -0.39 is 36.5 Å². The molecule has 0 aromatic heterocycles. The fraction of sp³-hybridized carbons (Fsp3) is 1.00. The van der Waals surface area contributed by atoms with Crippen LogP contribution in [0, 0.1) is 48.7 Å². The second kappa shape index (κ2) is 46.6.